The highest BCUT2D eigenvalue weighted by molar-refractivity contribution is 7.09. The van der Waals surface area contributed by atoms with Crippen molar-refractivity contribution in [1.82, 2.24) is 20.0 Å². The van der Waals surface area contributed by atoms with Gasteiger partial charge in [-0.05, 0) is 54.6 Å². The average molecular weight is 633 g/mol. The molecule has 10 heteroatoms. The van der Waals surface area contributed by atoms with Gasteiger partial charge in [0.15, 0.2) is 5.69 Å². The summed E-state index contributed by atoms with van der Waals surface area (Å²) in [6, 6.07) is 25.5. The van der Waals surface area contributed by atoms with E-state index >= 15 is 0 Å². The molecule has 1 atom stereocenters. The minimum absolute atomic E-state index is 0.00518. The van der Waals surface area contributed by atoms with Crippen molar-refractivity contribution in [3.8, 4) is 0 Å². The fourth-order valence-electron chi connectivity index (χ4n) is 5.85. The van der Waals surface area contributed by atoms with E-state index in [0.717, 1.165) is 65.7 Å². The Bertz CT molecular complexity index is 1850. The van der Waals surface area contributed by atoms with Crippen molar-refractivity contribution in [2.75, 3.05) is 10.6 Å². The highest BCUT2D eigenvalue weighted by Gasteiger charge is 2.36. The summed E-state index contributed by atoms with van der Waals surface area (Å²) in [6.45, 7) is 2.23. The Hall–Kier alpha value is -5.09. The molecule has 2 heterocycles. The molecule has 1 aliphatic carbocycles. The molecule has 0 saturated heterocycles. The predicted octanol–water partition coefficient (Wildman–Crippen LogP) is 6.35. The first-order chi connectivity index (χ1) is 22.4. The molecule has 234 valence electrons. The van der Waals surface area contributed by atoms with Gasteiger partial charge in [-0.15, -0.1) is 0 Å². The van der Waals surface area contributed by atoms with Gasteiger partial charge < -0.3 is 16.4 Å². The van der Waals surface area contributed by atoms with Crippen LogP contribution in [0.4, 0.5) is 11.4 Å². The molecule has 2 aromatic heterocycles. The molecular formula is C36H36N6O3S. The van der Waals surface area contributed by atoms with E-state index in [9.17, 15) is 14.4 Å². The van der Waals surface area contributed by atoms with Gasteiger partial charge in [0.2, 0.25) is 5.91 Å². The first kappa shape index (κ1) is 30.9. The average Bonchev–Trinajstić information content (AvgIpc) is 3.48. The van der Waals surface area contributed by atoms with Gasteiger partial charge in [-0.2, -0.15) is 4.37 Å². The molecule has 4 N–H and O–H groups in total. The Labute approximate surface area is 272 Å². The third-order valence-corrected chi connectivity index (χ3v) is 9.21. The summed E-state index contributed by atoms with van der Waals surface area (Å²) in [4.78, 5) is 48.2. The zero-order valence-electron chi connectivity index (χ0n) is 25.6. The molecule has 0 bridgehead atoms. The number of pyridine rings is 1. The molecule has 3 amide bonds. The van der Waals surface area contributed by atoms with Crippen LogP contribution in [-0.4, -0.2) is 33.1 Å². The highest BCUT2D eigenvalue weighted by atomic mass is 32.1. The van der Waals surface area contributed by atoms with E-state index in [0.29, 0.717) is 11.3 Å². The maximum atomic E-state index is 14.7. The van der Waals surface area contributed by atoms with Gasteiger partial charge in [0.05, 0.1) is 23.1 Å². The van der Waals surface area contributed by atoms with Crippen molar-refractivity contribution < 1.29 is 14.4 Å². The minimum atomic E-state index is -1.08. The van der Waals surface area contributed by atoms with Crippen molar-refractivity contribution in [1.29, 1.82) is 0 Å². The quantitative estimate of drug-likeness (QED) is 0.174. The number of benzene rings is 3. The highest BCUT2D eigenvalue weighted by Crippen LogP contribution is 2.34. The van der Waals surface area contributed by atoms with Crippen LogP contribution in [0.25, 0.3) is 10.9 Å². The molecule has 3 aromatic carbocycles. The van der Waals surface area contributed by atoms with Crippen molar-refractivity contribution in [3.63, 3.8) is 0 Å². The number of para-hydroxylation sites is 1. The zero-order chi connectivity index (χ0) is 32.0. The summed E-state index contributed by atoms with van der Waals surface area (Å²) in [5.41, 5.74) is 10.2. The molecule has 0 unspecified atom stereocenters. The summed E-state index contributed by atoms with van der Waals surface area (Å²) in [6.07, 6.45) is 6.66. The number of rotatable bonds is 9. The Morgan fingerprint density at radius 1 is 0.957 bits per heavy atom. The smallest absolute Gasteiger partial charge is 0.273 e. The van der Waals surface area contributed by atoms with Crippen LogP contribution in [0, 0.1) is 6.92 Å². The van der Waals surface area contributed by atoms with Gasteiger partial charge in [0, 0.05) is 18.0 Å². The predicted molar refractivity (Wildman–Crippen MR) is 182 cm³/mol. The van der Waals surface area contributed by atoms with Crippen molar-refractivity contribution in [2.24, 2.45) is 0 Å². The number of nitrogens with two attached hydrogens (primary N) is 1. The summed E-state index contributed by atoms with van der Waals surface area (Å²) in [7, 11) is 0. The topological polar surface area (TPSA) is 130 Å². The molecule has 1 aliphatic rings. The lowest BCUT2D eigenvalue weighted by Gasteiger charge is -2.31. The van der Waals surface area contributed by atoms with Gasteiger partial charge in [0.1, 0.15) is 10.9 Å². The molecule has 9 nitrogen and oxygen atoms in total. The van der Waals surface area contributed by atoms with E-state index in [1.807, 2.05) is 91.9 Å². The number of hydrogen-bond donors (Lipinski definition) is 3. The van der Waals surface area contributed by atoms with Crippen LogP contribution < -0.4 is 21.3 Å². The summed E-state index contributed by atoms with van der Waals surface area (Å²) in [5, 5.41) is 6.87. The maximum absolute atomic E-state index is 14.7. The van der Waals surface area contributed by atoms with E-state index < -0.39 is 17.9 Å². The number of carbonyl (C=O) groups excluding carboxylic acids is 3. The molecule has 6 rings (SSSR count). The number of anilines is 2. The van der Waals surface area contributed by atoms with Crippen LogP contribution in [0.2, 0.25) is 0 Å². The van der Waals surface area contributed by atoms with Gasteiger partial charge in [-0.3, -0.25) is 24.3 Å². The third kappa shape index (κ3) is 6.77. The number of nitrogen functional groups attached to an aromatic ring is 1. The number of carbonyl (C=O) groups is 3. The molecule has 46 heavy (non-hydrogen) atoms. The van der Waals surface area contributed by atoms with E-state index in [2.05, 4.69) is 20.0 Å². The van der Waals surface area contributed by atoms with E-state index in [-0.39, 0.29) is 34.8 Å². The monoisotopic (exact) mass is 632 g/mol. The second-order valence-corrected chi connectivity index (χ2v) is 12.4. The van der Waals surface area contributed by atoms with Crippen LogP contribution in [0.3, 0.4) is 0 Å². The van der Waals surface area contributed by atoms with Crippen LogP contribution in [-0.2, 0) is 11.3 Å². The second kappa shape index (κ2) is 13.9. The lowest BCUT2D eigenvalue weighted by molar-refractivity contribution is -0.122. The van der Waals surface area contributed by atoms with E-state index in [1.54, 1.807) is 6.20 Å². The molecule has 1 fully saturated rings. The first-order valence-corrected chi connectivity index (χ1v) is 16.3. The molecule has 0 aliphatic heterocycles. The lowest BCUT2D eigenvalue weighted by Crippen LogP contribution is -2.44. The van der Waals surface area contributed by atoms with Crippen LogP contribution in [0.15, 0.2) is 91.1 Å². The number of hydrogen-bond acceptors (Lipinski definition) is 7. The normalized spacial score (nSPS) is 14.0. The van der Waals surface area contributed by atoms with Crippen LogP contribution in [0.5, 0.6) is 0 Å². The third-order valence-electron chi connectivity index (χ3n) is 8.36. The van der Waals surface area contributed by atoms with Crippen LogP contribution >= 0.6 is 11.5 Å². The number of amides is 3. The summed E-state index contributed by atoms with van der Waals surface area (Å²) >= 11 is 0.859. The SMILES string of the molecule is Cc1ccc([C@@H](C(=O)NCc2ccccc2)N(C(=O)c2snc(C(=O)NC3CCCCC3)c2N)c2cnc3ccccc3c2)cc1. The minimum Gasteiger partial charge on any atom is -0.395 e. The first-order valence-electron chi connectivity index (χ1n) is 15.5. The van der Waals surface area contributed by atoms with E-state index in [1.165, 1.54) is 4.90 Å². The van der Waals surface area contributed by atoms with Crippen molar-refractivity contribution in [2.45, 2.75) is 57.7 Å². The summed E-state index contributed by atoms with van der Waals surface area (Å²) in [5.74, 6) is -1.33. The van der Waals surface area contributed by atoms with Crippen LogP contribution in [0.1, 0.15) is 75.0 Å². The number of fused-ring (bicyclic) bond motifs is 1. The van der Waals surface area contributed by atoms with Gasteiger partial charge in [0.25, 0.3) is 11.8 Å². The largest absolute Gasteiger partial charge is 0.395 e. The molecular weight excluding hydrogens is 597 g/mol. The Morgan fingerprint density at radius 2 is 1.67 bits per heavy atom. The number of nitrogens with zero attached hydrogens (tertiary/aromatic N) is 3. The standard InChI is InChI=1S/C36H36N6O3S/c1-23-16-18-25(19-17-23)32(35(44)39-21-24-10-4-2-5-11-24)42(28-20-26-12-8-9-15-29(26)38-22-28)36(45)33-30(37)31(41-46-33)34(43)40-27-13-6-3-7-14-27/h2,4-5,8-12,15-20,22,27,32H,3,6-7,13-14,21,37H2,1H3,(H,39,44)(H,40,43)/t32-/m0/s1. The van der Waals surface area contributed by atoms with E-state index in [4.69, 9.17) is 5.73 Å². The zero-order valence-corrected chi connectivity index (χ0v) is 26.4. The van der Waals surface area contributed by atoms with Gasteiger partial charge in [-0.1, -0.05) is 97.6 Å². The fraction of sp³-hybridized carbons (Fsp3) is 0.250. The number of aromatic nitrogens is 2. The van der Waals surface area contributed by atoms with Crippen molar-refractivity contribution in [3.05, 3.63) is 118 Å². The summed E-state index contributed by atoms with van der Waals surface area (Å²) < 4.78 is 4.33. The van der Waals surface area contributed by atoms with Crippen molar-refractivity contribution >= 4 is 51.5 Å². The number of nitrogens with one attached hydrogen (secondary N) is 2. The maximum Gasteiger partial charge on any atom is 0.273 e. The fourth-order valence-corrected chi connectivity index (χ4v) is 6.58. The Kier molecular flexibility index (Phi) is 9.35. The molecule has 1 saturated carbocycles. The second-order valence-electron chi connectivity index (χ2n) is 11.7. The Balaban J connectivity index is 1.41. The molecule has 0 radical (unpaired) electrons. The number of aryl methyl sites for hydroxylation is 1. The van der Waals surface area contributed by atoms with Gasteiger partial charge in [-0.25, -0.2) is 0 Å². The molecule has 0 spiro atoms. The lowest BCUT2D eigenvalue weighted by atomic mass is 9.95. The Morgan fingerprint density at radius 3 is 2.43 bits per heavy atom. The van der Waals surface area contributed by atoms with Gasteiger partial charge >= 0.3 is 0 Å². The molecule has 5 aromatic rings.